The SMILES string of the molecule is CC(C)Oc1cccc(C(=O)NOCc2ccccc2)c1. The second kappa shape index (κ2) is 7.45. The Morgan fingerprint density at radius 3 is 2.57 bits per heavy atom. The van der Waals surface area contributed by atoms with Crippen LogP contribution in [0, 0.1) is 0 Å². The van der Waals surface area contributed by atoms with Crippen LogP contribution in [0.1, 0.15) is 29.8 Å². The number of benzene rings is 2. The van der Waals surface area contributed by atoms with E-state index in [9.17, 15) is 4.79 Å². The number of hydrogen-bond acceptors (Lipinski definition) is 3. The summed E-state index contributed by atoms with van der Waals surface area (Å²) in [5.41, 5.74) is 3.93. The number of hydrogen-bond donors (Lipinski definition) is 1. The lowest BCUT2D eigenvalue weighted by atomic mass is 10.2. The number of ether oxygens (including phenoxy) is 1. The van der Waals surface area contributed by atoms with Gasteiger partial charge in [-0.25, -0.2) is 5.48 Å². The molecule has 21 heavy (non-hydrogen) atoms. The molecule has 0 heterocycles. The zero-order valence-electron chi connectivity index (χ0n) is 12.2. The Bertz CT molecular complexity index is 582. The van der Waals surface area contributed by atoms with Gasteiger partial charge in [0.25, 0.3) is 5.91 Å². The summed E-state index contributed by atoms with van der Waals surface area (Å²) in [6.45, 7) is 4.21. The van der Waals surface area contributed by atoms with E-state index in [4.69, 9.17) is 9.57 Å². The molecule has 110 valence electrons. The first kappa shape index (κ1) is 15.1. The number of carbonyl (C=O) groups excluding carboxylic acids is 1. The summed E-state index contributed by atoms with van der Waals surface area (Å²) in [4.78, 5) is 17.2. The molecule has 0 atom stereocenters. The van der Waals surface area contributed by atoms with Gasteiger partial charge in [-0.15, -0.1) is 0 Å². The minimum atomic E-state index is -0.292. The Hall–Kier alpha value is -2.33. The van der Waals surface area contributed by atoms with Gasteiger partial charge in [0.05, 0.1) is 12.7 Å². The highest BCUT2D eigenvalue weighted by atomic mass is 16.6. The molecule has 1 amide bonds. The zero-order chi connectivity index (χ0) is 15.1. The van der Waals surface area contributed by atoms with Gasteiger partial charge in [0.2, 0.25) is 0 Å². The van der Waals surface area contributed by atoms with Crippen molar-refractivity contribution in [2.24, 2.45) is 0 Å². The highest BCUT2D eigenvalue weighted by molar-refractivity contribution is 5.93. The van der Waals surface area contributed by atoms with Crippen LogP contribution in [0.3, 0.4) is 0 Å². The Balaban J connectivity index is 1.88. The van der Waals surface area contributed by atoms with Crippen molar-refractivity contribution in [2.75, 3.05) is 0 Å². The van der Waals surface area contributed by atoms with Crippen molar-refractivity contribution in [3.8, 4) is 5.75 Å². The summed E-state index contributed by atoms with van der Waals surface area (Å²) in [6, 6.07) is 16.7. The van der Waals surface area contributed by atoms with Crippen LogP contribution in [-0.4, -0.2) is 12.0 Å². The molecule has 2 rings (SSSR count). The van der Waals surface area contributed by atoms with Gasteiger partial charge >= 0.3 is 0 Å². The summed E-state index contributed by atoms with van der Waals surface area (Å²) < 4.78 is 5.56. The molecule has 0 aliphatic rings. The normalized spacial score (nSPS) is 10.4. The van der Waals surface area contributed by atoms with Gasteiger partial charge in [0, 0.05) is 5.56 Å². The molecule has 0 unspecified atom stereocenters. The van der Waals surface area contributed by atoms with E-state index in [2.05, 4.69) is 5.48 Å². The molecule has 0 aromatic heterocycles. The summed E-state index contributed by atoms with van der Waals surface area (Å²) in [5.74, 6) is 0.376. The second-order valence-electron chi connectivity index (χ2n) is 4.90. The third-order valence-corrected chi connectivity index (χ3v) is 2.71. The Morgan fingerprint density at radius 2 is 1.86 bits per heavy atom. The molecular formula is C17H19NO3. The predicted octanol–water partition coefficient (Wildman–Crippen LogP) is 3.34. The minimum absolute atomic E-state index is 0.0673. The molecule has 0 aliphatic carbocycles. The van der Waals surface area contributed by atoms with Crippen LogP contribution in [0.15, 0.2) is 54.6 Å². The summed E-state index contributed by atoms with van der Waals surface area (Å²) in [5, 5.41) is 0. The molecule has 4 nitrogen and oxygen atoms in total. The molecule has 0 spiro atoms. The quantitative estimate of drug-likeness (QED) is 0.828. The monoisotopic (exact) mass is 285 g/mol. The lowest BCUT2D eigenvalue weighted by molar-refractivity contribution is 0.0233. The van der Waals surface area contributed by atoms with Gasteiger partial charge in [-0.2, -0.15) is 0 Å². The predicted molar refractivity (Wildman–Crippen MR) is 80.9 cm³/mol. The van der Waals surface area contributed by atoms with Crippen LogP contribution >= 0.6 is 0 Å². The van der Waals surface area contributed by atoms with E-state index >= 15 is 0 Å². The number of carbonyl (C=O) groups is 1. The summed E-state index contributed by atoms with van der Waals surface area (Å²) in [7, 11) is 0. The summed E-state index contributed by atoms with van der Waals surface area (Å²) >= 11 is 0. The molecule has 2 aromatic rings. The second-order valence-corrected chi connectivity index (χ2v) is 4.90. The smallest absolute Gasteiger partial charge is 0.274 e. The van der Waals surface area contributed by atoms with Crippen LogP contribution in [0.25, 0.3) is 0 Å². The molecule has 0 aliphatic heterocycles. The highest BCUT2D eigenvalue weighted by Crippen LogP contribution is 2.14. The van der Waals surface area contributed by atoms with E-state index in [1.54, 1.807) is 18.2 Å². The van der Waals surface area contributed by atoms with Crippen molar-refractivity contribution < 1.29 is 14.4 Å². The van der Waals surface area contributed by atoms with E-state index in [1.807, 2.05) is 50.2 Å². The standard InChI is InChI=1S/C17H19NO3/c1-13(2)21-16-10-6-9-15(11-16)17(19)18-20-12-14-7-4-3-5-8-14/h3-11,13H,12H2,1-2H3,(H,18,19). The Morgan fingerprint density at radius 1 is 1.10 bits per heavy atom. The first-order chi connectivity index (χ1) is 10.1. The van der Waals surface area contributed by atoms with Crippen LogP contribution in [0.4, 0.5) is 0 Å². The Kier molecular flexibility index (Phi) is 5.35. The molecule has 0 fully saturated rings. The van der Waals surface area contributed by atoms with Crippen molar-refractivity contribution in [2.45, 2.75) is 26.6 Å². The maximum atomic E-state index is 12.0. The number of hydroxylamine groups is 1. The average Bonchev–Trinajstić information content (AvgIpc) is 2.48. The van der Waals surface area contributed by atoms with E-state index in [0.29, 0.717) is 17.9 Å². The van der Waals surface area contributed by atoms with Gasteiger partial charge in [-0.3, -0.25) is 9.63 Å². The number of nitrogens with one attached hydrogen (secondary N) is 1. The van der Waals surface area contributed by atoms with Crippen molar-refractivity contribution in [1.82, 2.24) is 5.48 Å². The van der Waals surface area contributed by atoms with Crippen LogP contribution < -0.4 is 10.2 Å². The molecule has 0 saturated heterocycles. The number of amides is 1. The van der Waals surface area contributed by atoms with Crippen LogP contribution in [0.5, 0.6) is 5.75 Å². The first-order valence-electron chi connectivity index (χ1n) is 6.88. The van der Waals surface area contributed by atoms with Gasteiger partial charge in [0.1, 0.15) is 5.75 Å². The van der Waals surface area contributed by atoms with Crippen molar-refractivity contribution in [1.29, 1.82) is 0 Å². The molecule has 1 N–H and O–H groups in total. The van der Waals surface area contributed by atoms with Gasteiger partial charge in [-0.1, -0.05) is 36.4 Å². The van der Waals surface area contributed by atoms with E-state index in [-0.39, 0.29) is 12.0 Å². The topological polar surface area (TPSA) is 47.6 Å². The molecule has 2 aromatic carbocycles. The van der Waals surface area contributed by atoms with Crippen molar-refractivity contribution >= 4 is 5.91 Å². The first-order valence-corrected chi connectivity index (χ1v) is 6.88. The zero-order valence-corrected chi connectivity index (χ0v) is 12.2. The Labute approximate surface area is 124 Å². The van der Waals surface area contributed by atoms with Crippen LogP contribution in [-0.2, 0) is 11.4 Å². The van der Waals surface area contributed by atoms with Crippen molar-refractivity contribution in [3.63, 3.8) is 0 Å². The maximum absolute atomic E-state index is 12.0. The van der Waals surface area contributed by atoms with Gasteiger partial charge in [-0.05, 0) is 37.6 Å². The fourth-order valence-electron chi connectivity index (χ4n) is 1.80. The van der Waals surface area contributed by atoms with Gasteiger partial charge < -0.3 is 4.74 Å². The number of rotatable bonds is 6. The molecule has 0 saturated carbocycles. The van der Waals surface area contributed by atoms with Crippen molar-refractivity contribution in [3.05, 3.63) is 65.7 Å². The lowest BCUT2D eigenvalue weighted by Crippen LogP contribution is -2.23. The van der Waals surface area contributed by atoms with E-state index in [0.717, 1.165) is 5.56 Å². The van der Waals surface area contributed by atoms with Crippen LogP contribution in [0.2, 0.25) is 0 Å². The van der Waals surface area contributed by atoms with Gasteiger partial charge in [0.15, 0.2) is 0 Å². The highest BCUT2D eigenvalue weighted by Gasteiger charge is 2.07. The summed E-state index contributed by atoms with van der Waals surface area (Å²) in [6.07, 6.45) is 0.0673. The van der Waals surface area contributed by atoms with E-state index in [1.165, 1.54) is 0 Å². The largest absolute Gasteiger partial charge is 0.491 e. The molecular weight excluding hydrogens is 266 g/mol. The fraction of sp³-hybridized carbons (Fsp3) is 0.235. The fourth-order valence-corrected chi connectivity index (χ4v) is 1.80. The molecule has 0 radical (unpaired) electrons. The van der Waals surface area contributed by atoms with E-state index < -0.39 is 0 Å². The average molecular weight is 285 g/mol. The third-order valence-electron chi connectivity index (χ3n) is 2.71. The lowest BCUT2D eigenvalue weighted by Gasteiger charge is -2.11. The molecule has 4 heteroatoms. The minimum Gasteiger partial charge on any atom is -0.491 e. The maximum Gasteiger partial charge on any atom is 0.274 e. The molecule has 0 bridgehead atoms. The third kappa shape index (κ3) is 4.93.